The van der Waals surface area contributed by atoms with Crippen molar-refractivity contribution in [2.24, 2.45) is 0 Å². The molecule has 0 aliphatic rings. The van der Waals surface area contributed by atoms with Crippen molar-refractivity contribution in [1.82, 2.24) is 0 Å². The summed E-state index contributed by atoms with van der Waals surface area (Å²) in [6.45, 7) is 6.98. The van der Waals surface area contributed by atoms with Crippen LogP contribution in [0.1, 0.15) is 85.0 Å². The van der Waals surface area contributed by atoms with Gasteiger partial charge in [-0.25, -0.2) is 0 Å². The monoisotopic (exact) mass is 304 g/mol. The average molecular weight is 304 g/mol. The lowest BCUT2D eigenvalue weighted by Gasteiger charge is -2.00. The lowest BCUT2D eigenvalue weighted by atomic mass is 10.1. The average Bonchev–Trinajstić information content (AvgIpc) is 2.43. The third-order valence-electron chi connectivity index (χ3n) is 3.06. The fourth-order valence-corrected chi connectivity index (χ4v) is 1.88. The van der Waals surface area contributed by atoms with Crippen LogP contribution in [0.15, 0.2) is 0 Å². The van der Waals surface area contributed by atoms with E-state index in [2.05, 4.69) is 6.92 Å². The molecule has 0 saturated carbocycles. The Bertz CT molecular complexity index is 205. The summed E-state index contributed by atoms with van der Waals surface area (Å²) in [6.07, 6.45) is 11.2. The third kappa shape index (κ3) is 28.3. The van der Waals surface area contributed by atoms with Crippen molar-refractivity contribution in [3.05, 3.63) is 0 Å². The number of carboxylic acids is 1. The van der Waals surface area contributed by atoms with Gasteiger partial charge in [0.1, 0.15) is 0 Å². The van der Waals surface area contributed by atoms with Gasteiger partial charge in [-0.2, -0.15) is 0 Å². The molecule has 21 heavy (non-hydrogen) atoms. The maximum atomic E-state index is 10.2. The minimum atomic E-state index is -0.659. The summed E-state index contributed by atoms with van der Waals surface area (Å²) in [4.78, 5) is 10.2. The Hall–Kier alpha value is -0.610. The van der Waals surface area contributed by atoms with Gasteiger partial charge in [0.2, 0.25) is 0 Å². The summed E-state index contributed by atoms with van der Waals surface area (Å²) >= 11 is 0. The van der Waals surface area contributed by atoms with Gasteiger partial charge in [0, 0.05) is 13.0 Å². The number of hydrogen-bond acceptors (Lipinski definition) is 3. The zero-order valence-electron chi connectivity index (χ0n) is 14.3. The van der Waals surface area contributed by atoms with Gasteiger partial charge in [-0.3, -0.25) is 4.79 Å². The maximum Gasteiger partial charge on any atom is 0.303 e. The van der Waals surface area contributed by atoms with Crippen molar-refractivity contribution in [1.29, 1.82) is 0 Å². The predicted molar refractivity (Wildman–Crippen MR) is 87.7 cm³/mol. The van der Waals surface area contributed by atoms with Crippen LogP contribution in [0.2, 0.25) is 0 Å². The Morgan fingerprint density at radius 3 is 1.76 bits per heavy atom. The summed E-state index contributed by atoms with van der Waals surface area (Å²) in [5.74, 6) is -0.659. The van der Waals surface area contributed by atoms with Crippen molar-refractivity contribution in [3.63, 3.8) is 0 Å². The highest BCUT2D eigenvalue weighted by Crippen LogP contribution is 2.10. The molecule has 0 rings (SSSR count). The molecule has 0 saturated heterocycles. The molecule has 2 N–H and O–H groups in total. The number of carbonyl (C=O) groups is 1. The van der Waals surface area contributed by atoms with Gasteiger partial charge in [0.15, 0.2) is 0 Å². The van der Waals surface area contributed by atoms with Crippen molar-refractivity contribution in [2.45, 2.75) is 91.1 Å². The van der Waals surface area contributed by atoms with Crippen molar-refractivity contribution < 1.29 is 19.7 Å². The van der Waals surface area contributed by atoms with Crippen LogP contribution in [0.3, 0.4) is 0 Å². The van der Waals surface area contributed by atoms with Crippen LogP contribution < -0.4 is 0 Å². The molecule has 0 radical (unpaired) electrons. The highest BCUT2D eigenvalue weighted by Gasteiger charge is 1.96. The summed E-state index contributed by atoms with van der Waals surface area (Å²) < 4.78 is 4.84. The molecule has 0 aromatic carbocycles. The molecule has 128 valence electrons. The lowest BCUT2D eigenvalue weighted by Crippen LogP contribution is -2.09. The van der Waals surface area contributed by atoms with Crippen LogP contribution in [0.5, 0.6) is 0 Å². The number of unbranched alkanes of at least 4 members (excludes halogenated alkanes) is 8. The Morgan fingerprint density at radius 2 is 1.43 bits per heavy atom. The van der Waals surface area contributed by atoms with Crippen LogP contribution in [-0.2, 0) is 9.53 Å². The molecule has 0 aliphatic heterocycles. The van der Waals surface area contributed by atoms with Crippen LogP contribution in [0.4, 0.5) is 0 Å². The normalized spacial score (nSPS) is 11.6. The number of carboxylic acid groups (broad SMARTS) is 1. The minimum absolute atomic E-state index is 0.319. The largest absolute Gasteiger partial charge is 0.481 e. The molecule has 0 heterocycles. The Kier molecular flexibility index (Phi) is 20.9. The molecule has 1 atom stereocenters. The van der Waals surface area contributed by atoms with Crippen LogP contribution in [0.25, 0.3) is 0 Å². The van der Waals surface area contributed by atoms with E-state index in [9.17, 15) is 4.79 Å². The van der Waals surface area contributed by atoms with Crippen molar-refractivity contribution >= 4 is 5.97 Å². The first-order valence-electron chi connectivity index (χ1n) is 8.52. The molecule has 0 fully saturated rings. The second-order valence-corrected chi connectivity index (χ2v) is 5.48. The Balaban J connectivity index is 0. The lowest BCUT2D eigenvalue weighted by molar-refractivity contribution is -0.137. The first-order valence-corrected chi connectivity index (χ1v) is 8.52. The molecule has 0 spiro atoms. The number of rotatable bonds is 13. The molecule has 0 amide bonds. The van der Waals surface area contributed by atoms with Crippen molar-refractivity contribution in [2.75, 3.05) is 13.2 Å². The molecule has 0 aliphatic carbocycles. The van der Waals surface area contributed by atoms with Gasteiger partial charge >= 0.3 is 5.97 Å². The minimum Gasteiger partial charge on any atom is -0.481 e. The second kappa shape index (κ2) is 19.4. The van der Waals surface area contributed by atoms with E-state index in [0.29, 0.717) is 19.6 Å². The summed E-state index contributed by atoms with van der Waals surface area (Å²) in [7, 11) is 0. The van der Waals surface area contributed by atoms with Gasteiger partial charge in [-0.05, 0) is 20.3 Å². The van der Waals surface area contributed by atoms with E-state index in [4.69, 9.17) is 14.9 Å². The van der Waals surface area contributed by atoms with E-state index in [1.807, 2.05) is 6.92 Å². The zero-order valence-corrected chi connectivity index (χ0v) is 14.3. The first-order chi connectivity index (χ1) is 10.0. The molecular formula is C17H36O4. The highest BCUT2D eigenvalue weighted by molar-refractivity contribution is 5.66. The van der Waals surface area contributed by atoms with E-state index < -0.39 is 5.97 Å². The highest BCUT2D eigenvalue weighted by atomic mass is 16.5. The van der Waals surface area contributed by atoms with Gasteiger partial charge in [0.25, 0.3) is 0 Å². The van der Waals surface area contributed by atoms with Gasteiger partial charge < -0.3 is 14.9 Å². The van der Waals surface area contributed by atoms with Crippen LogP contribution >= 0.6 is 0 Å². The molecule has 0 aromatic heterocycles. The van der Waals surface area contributed by atoms with E-state index in [1.165, 1.54) is 44.9 Å². The Labute approximate surface area is 130 Å². The number of aliphatic hydroxyl groups is 1. The topological polar surface area (TPSA) is 66.8 Å². The molecule has 0 aromatic rings. The quantitative estimate of drug-likeness (QED) is 0.495. The zero-order chi connectivity index (χ0) is 16.3. The van der Waals surface area contributed by atoms with Gasteiger partial charge in [0.05, 0.1) is 12.7 Å². The van der Waals surface area contributed by atoms with E-state index >= 15 is 0 Å². The van der Waals surface area contributed by atoms with Crippen LogP contribution in [0, 0.1) is 0 Å². The SMILES string of the molecule is CCCCCCCCCCCC(=O)O.CCOCC(C)O. The maximum absolute atomic E-state index is 10.2. The standard InChI is InChI=1S/C12H24O2.C5H12O2/c1-2-3-4-5-6-7-8-9-10-11-12(13)14;1-3-7-4-5(2)6/h2-11H2,1H3,(H,13,14);5-6H,3-4H2,1-2H3. The van der Waals surface area contributed by atoms with E-state index in [0.717, 1.165) is 12.8 Å². The number of aliphatic hydroxyl groups excluding tert-OH is 1. The molecule has 4 nitrogen and oxygen atoms in total. The van der Waals surface area contributed by atoms with Gasteiger partial charge in [-0.1, -0.05) is 58.3 Å². The smallest absolute Gasteiger partial charge is 0.303 e. The number of ether oxygens (including phenoxy) is 1. The molecule has 4 heteroatoms. The molecule has 1 unspecified atom stereocenters. The first kappa shape index (κ1) is 22.7. The molecular weight excluding hydrogens is 268 g/mol. The van der Waals surface area contributed by atoms with E-state index in [1.54, 1.807) is 6.92 Å². The predicted octanol–water partition coefficient (Wildman–Crippen LogP) is 4.40. The number of hydrogen-bond donors (Lipinski definition) is 2. The fourth-order valence-electron chi connectivity index (χ4n) is 1.88. The Morgan fingerprint density at radius 1 is 0.952 bits per heavy atom. The third-order valence-corrected chi connectivity index (χ3v) is 3.06. The fraction of sp³-hybridized carbons (Fsp3) is 0.941. The number of aliphatic carboxylic acids is 1. The molecule has 0 bridgehead atoms. The van der Waals surface area contributed by atoms with Crippen molar-refractivity contribution in [3.8, 4) is 0 Å². The second-order valence-electron chi connectivity index (χ2n) is 5.48. The summed E-state index contributed by atoms with van der Waals surface area (Å²) in [6, 6.07) is 0. The van der Waals surface area contributed by atoms with Gasteiger partial charge in [-0.15, -0.1) is 0 Å². The summed E-state index contributed by atoms with van der Waals surface area (Å²) in [5.41, 5.74) is 0. The van der Waals surface area contributed by atoms with E-state index in [-0.39, 0.29) is 6.10 Å². The van der Waals surface area contributed by atoms with Crippen LogP contribution in [-0.4, -0.2) is 35.5 Å². The summed E-state index contributed by atoms with van der Waals surface area (Å²) in [5, 5.41) is 17.0.